The van der Waals surface area contributed by atoms with Gasteiger partial charge in [-0.25, -0.2) is 0 Å². The molecule has 162 valence electrons. The van der Waals surface area contributed by atoms with E-state index in [0.717, 1.165) is 0 Å². The van der Waals surface area contributed by atoms with Crippen LogP contribution in [0.4, 0.5) is 0 Å². The molecule has 0 fully saturated rings. The zero-order valence-corrected chi connectivity index (χ0v) is 15.5. The summed E-state index contributed by atoms with van der Waals surface area (Å²) in [7, 11) is 0. The lowest BCUT2D eigenvalue weighted by Gasteiger charge is -2.09. The smallest absolute Gasteiger partial charge is 0.231 e. The van der Waals surface area contributed by atoms with Crippen LogP contribution in [0.25, 0.3) is 11.1 Å². The summed E-state index contributed by atoms with van der Waals surface area (Å²) in [4.78, 5) is 0. The standard InChI is InChI=1S/C14H10O6.C7H6O3.CH4/c15-9-3-13-11(17-5-19-13)1-7(9)8-2-12-14(4-10(8)16)20-6-18-12;8-5-1-2-6-7(3-5)10-4-9-6;/h1-4,15-16H,5-6H2;1-3,8H,4H2;1H4. The lowest BCUT2D eigenvalue weighted by molar-refractivity contribution is 0.173. The second kappa shape index (κ2) is 7.94. The van der Waals surface area contributed by atoms with Crippen molar-refractivity contribution in [1.82, 2.24) is 0 Å². The maximum Gasteiger partial charge on any atom is 0.231 e. The first-order chi connectivity index (χ1) is 14.6. The second-order valence-corrected chi connectivity index (χ2v) is 6.48. The Balaban J connectivity index is 0.000000178. The van der Waals surface area contributed by atoms with Crippen molar-refractivity contribution in [3.8, 4) is 62.9 Å². The summed E-state index contributed by atoms with van der Waals surface area (Å²) >= 11 is 0. The van der Waals surface area contributed by atoms with Gasteiger partial charge in [0.1, 0.15) is 17.2 Å². The normalized spacial score (nSPS) is 13.8. The van der Waals surface area contributed by atoms with Gasteiger partial charge in [-0.1, -0.05) is 7.43 Å². The van der Waals surface area contributed by atoms with E-state index in [1.54, 1.807) is 24.3 Å². The first-order valence-corrected chi connectivity index (χ1v) is 8.93. The van der Waals surface area contributed by atoms with Crippen molar-refractivity contribution >= 4 is 0 Å². The number of hydrogen-bond donors (Lipinski definition) is 3. The highest BCUT2D eigenvalue weighted by Crippen LogP contribution is 2.47. The quantitative estimate of drug-likeness (QED) is 0.529. The van der Waals surface area contributed by atoms with Crippen molar-refractivity contribution in [1.29, 1.82) is 0 Å². The van der Waals surface area contributed by atoms with Gasteiger partial charge in [0.05, 0.1) is 0 Å². The van der Waals surface area contributed by atoms with Crippen LogP contribution in [0, 0.1) is 0 Å². The summed E-state index contributed by atoms with van der Waals surface area (Å²) < 4.78 is 30.9. The van der Waals surface area contributed by atoms with Crippen LogP contribution in [0.3, 0.4) is 0 Å². The maximum atomic E-state index is 10.1. The van der Waals surface area contributed by atoms with Gasteiger partial charge in [-0.3, -0.25) is 0 Å². The minimum atomic E-state index is -0.0107. The van der Waals surface area contributed by atoms with E-state index < -0.39 is 0 Å². The molecule has 0 saturated carbocycles. The number of phenolic OH excluding ortho intramolecular Hbond substituents is 3. The number of phenols is 3. The van der Waals surface area contributed by atoms with E-state index in [9.17, 15) is 10.2 Å². The van der Waals surface area contributed by atoms with Crippen LogP contribution >= 0.6 is 0 Å². The van der Waals surface area contributed by atoms with Crippen LogP contribution in [0.1, 0.15) is 7.43 Å². The van der Waals surface area contributed by atoms with Gasteiger partial charge in [-0.15, -0.1) is 0 Å². The molecule has 0 atom stereocenters. The van der Waals surface area contributed by atoms with Crippen molar-refractivity contribution in [2.24, 2.45) is 0 Å². The monoisotopic (exact) mass is 428 g/mol. The average molecular weight is 428 g/mol. The van der Waals surface area contributed by atoms with Crippen LogP contribution in [-0.2, 0) is 0 Å². The molecule has 9 heteroatoms. The summed E-state index contributed by atoms with van der Waals surface area (Å²) in [6.45, 7) is 0.482. The number of fused-ring (bicyclic) bond motifs is 3. The summed E-state index contributed by atoms with van der Waals surface area (Å²) in [5.41, 5.74) is 0.870. The molecular weight excluding hydrogens is 408 g/mol. The van der Waals surface area contributed by atoms with Gasteiger partial charge >= 0.3 is 0 Å². The van der Waals surface area contributed by atoms with E-state index in [2.05, 4.69) is 0 Å². The molecule has 0 aliphatic carbocycles. The molecular formula is C22H20O9. The Kier molecular flexibility index (Phi) is 5.16. The second-order valence-electron chi connectivity index (χ2n) is 6.48. The van der Waals surface area contributed by atoms with Gasteiger partial charge in [-0.2, -0.15) is 0 Å². The molecule has 0 saturated heterocycles. The SMILES string of the molecule is C.Oc1cc2c(cc1-c1cc3c(cc1O)OCO3)OCO2.Oc1ccc2c(c1)OCO2. The number of benzene rings is 3. The van der Waals surface area contributed by atoms with E-state index in [1.807, 2.05) is 0 Å². The zero-order chi connectivity index (χ0) is 20.7. The van der Waals surface area contributed by atoms with E-state index in [1.165, 1.54) is 18.2 Å². The van der Waals surface area contributed by atoms with Crippen LogP contribution in [0.5, 0.6) is 51.7 Å². The number of aromatic hydroxyl groups is 3. The number of hydrogen-bond acceptors (Lipinski definition) is 9. The first-order valence-electron chi connectivity index (χ1n) is 8.93. The average Bonchev–Trinajstić information content (AvgIpc) is 3.46. The molecule has 3 aliphatic heterocycles. The summed E-state index contributed by atoms with van der Waals surface area (Å²) in [5, 5.41) is 29.1. The molecule has 0 amide bonds. The first kappa shape index (κ1) is 20.1. The highest BCUT2D eigenvalue weighted by Gasteiger charge is 2.23. The van der Waals surface area contributed by atoms with Crippen LogP contribution in [0.15, 0.2) is 42.5 Å². The third-order valence-corrected chi connectivity index (χ3v) is 4.63. The number of ether oxygens (including phenoxy) is 6. The summed E-state index contributed by atoms with van der Waals surface area (Å²) in [6, 6.07) is 10.9. The molecule has 0 spiro atoms. The van der Waals surface area contributed by atoms with Crippen molar-refractivity contribution in [3.05, 3.63) is 42.5 Å². The highest BCUT2D eigenvalue weighted by molar-refractivity contribution is 5.80. The van der Waals surface area contributed by atoms with Crippen LogP contribution in [0.2, 0.25) is 0 Å². The molecule has 0 aromatic heterocycles. The zero-order valence-electron chi connectivity index (χ0n) is 15.5. The summed E-state index contributed by atoms with van der Waals surface area (Å²) in [5.74, 6) is 3.48. The van der Waals surface area contributed by atoms with Gasteiger partial charge in [-0.05, 0) is 24.3 Å². The molecule has 3 heterocycles. The Labute approximate surface area is 177 Å². The van der Waals surface area contributed by atoms with E-state index in [4.69, 9.17) is 33.5 Å². The largest absolute Gasteiger partial charge is 0.508 e. The van der Waals surface area contributed by atoms with Crippen molar-refractivity contribution in [2.75, 3.05) is 20.4 Å². The van der Waals surface area contributed by atoms with E-state index in [0.29, 0.717) is 45.6 Å². The third-order valence-electron chi connectivity index (χ3n) is 4.63. The fourth-order valence-electron chi connectivity index (χ4n) is 3.18. The Bertz CT molecular complexity index is 1060. The molecule has 3 aromatic carbocycles. The Morgan fingerprint density at radius 2 is 0.871 bits per heavy atom. The third kappa shape index (κ3) is 3.73. The molecule has 0 radical (unpaired) electrons. The van der Waals surface area contributed by atoms with E-state index in [-0.39, 0.29) is 45.1 Å². The molecule has 9 nitrogen and oxygen atoms in total. The van der Waals surface area contributed by atoms with Crippen molar-refractivity contribution < 1.29 is 43.7 Å². The molecule has 0 unspecified atom stereocenters. The Morgan fingerprint density at radius 3 is 1.35 bits per heavy atom. The van der Waals surface area contributed by atoms with Gasteiger partial charge in [0.2, 0.25) is 20.4 Å². The van der Waals surface area contributed by atoms with Crippen molar-refractivity contribution in [3.63, 3.8) is 0 Å². The molecule has 3 aliphatic rings. The number of rotatable bonds is 1. The molecule has 0 bridgehead atoms. The minimum Gasteiger partial charge on any atom is -0.508 e. The summed E-state index contributed by atoms with van der Waals surface area (Å²) in [6.07, 6.45) is 0. The Hall–Kier alpha value is -4.14. The van der Waals surface area contributed by atoms with Gasteiger partial charge < -0.3 is 43.7 Å². The fourth-order valence-corrected chi connectivity index (χ4v) is 3.18. The van der Waals surface area contributed by atoms with Gasteiger partial charge in [0.25, 0.3) is 0 Å². The fraction of sp³-hybridized carbons (Fsp3) is 0.182. The van der Waals surface area contributed by atoms with Crippen molar-refractivity contribution in [2.45, 2.75) is 7.43 Å². The van der Waals surface area contributed by atoms with E-state index >= 15 is 0 Å². The highest BCUT2D eigenvalue weighted by atomic mass is 16.7. The minimum absolute atomic E-state index is 0. The van der Waals surface area contributed by atoms with Crippen LogP contribution < -0.4 is 28.4 Å². The predicted octanol–water partition coefficient (Wildman–Crippen LogP) is 3.98. The maximum absolute atomic E-state index is 10.1. The lowest BCUT2D eigenvalue weighted by Crippen LogP contribution is -1.92. The van der Waals surface area contributed by atoms with Gasteiger partial charge in [0, 0.05) is 29.3 Å². The topological polar surface area (TPSA) is 116 Å². The molecule has 31 heavy (non-hydrogen) atoms. The van der Waals surface area contributed by atoms with Gasteiger partial charge in [0.15, 0.2) is 34.5 Å². The lowest BCUT2D eigenvalue weighted by atomic mass is 10.0. The Morgan fingerprint density at radius 1 is 0.484 bits per heavy atom. The predicted molar refractivity (Wildman–Crippen MR) is 108 cm³/mol. The molecule has 3 N–H and O–H groups in total. The molecule has 3 aromatic rings. The molecule has 6 rings (SSSR count). The van der Waals surface area contributed by atoms with Crippen LogP contribution in [-0.4, -0.2) is 35.7 Å².